The maximum absolute atomic E-state index is 5.81. The fraction of sp³-hybridized carbons (Fsp3) is 0.222. The van der Waals surface area contributed by atoms with Crippen molar-refractivity contribution in [3.63, 3.8) is 0 Å². The molecule has 0 fully saturated rings. The van der Waals surface area contributed by atoms with Gasteiger partial charge >= 0.3 is 12.0 Å². The van der Waals surface area contributed by atoms with Crippen molar-refractivity contribution in [2.75, 3.05) is 14.2 Å². The first kappa shape index (κ1) is 12.0. The number of aliphatic imine (C=N–C) groups is 1. The SMILES string of the molecule is COC1=NSN(C)C(Oc2cncc(Cl)c2)=N1. The van der Waals surface area contributed by atoms with E-state index in [0.717, 1.165) is 0 Å². The maximum Gasteiger partial charge on any atom is 0.329 e. The molecule has 0 spiro atoms. The van der Waals surface area contributed by atoms with Gasteiger partial charge in [-0.05, 0) is 0 Å². The van der Waals surface area contributed by atoms with Gasteiger partial charge in [-0.3, -0.25) is 9.29 Å². The average Bonchev–Trinajstić information content (AvgIpc) is 2.32. The molecule has 0 bridgehead atoms. The Labute approximate surface area is 108 Å². The Bertz CT molecular complexity index is 480. The smallest absolute Gasteiger partial charge is 0.329 e. The molecule has 1 aliphatic heterocycles. The first-order valence-electron chi connectivity index (χ1n) is 4.59. The Morgan fingerprint density at radius 3 is 2.94 bits per heavy atom. The number of pyridine rings is 1. The van der Waals surface area contributed by atoms with Crippen LogP contribution in [0.4, 0.5) is 0 Å². The predicted molar refractivity (Wildman–Crippen MR) is 67.1 cm³/mol. The van der Waals surface area contributed by atoms with E-state index in [9.17, 15) is 0 Å². The molecule has 2 rings (SSSR count). The van der Waals surface area contributed by atoms with E-state index in [-0.39, 0.29) is 6.02 Å². The molecule has 0 saturated carbocycles. The highest BCUT2D eigenvalue weighted by molar-refractivity contribution is 7.96. The predicted octanol–water partition coefficient (Wildman–Crippen LogP) is 1.98. The van der Waals surface area contributed by atoms with Crippen LogP contribution in [-0.4, -0.2) is 35.5 Å². The third-order valence-corrected chi connectivity index (χ3v) is 2.62. The summed E-state index contributed by atoms with van der Waals surface area (Å²) < 4.78 is 16.1. The summed E-state index contributed by atoms with van der Waals surface area (Å²) in [4.78, 5) is 7.98. The van der Waals surface area contributed by atoms with Crippen LogP contribution in [0.3, 0.4) is 0 Å². The minimum Gasteiger partial charge on any atom is -0.466 e. The Morgan fingerprint density at radius 1 is 1.41 bits per heavy atom. The quantitative estimate of drug-likeness (QED) is 0.732. The average molecular weight is 273 g/mol. The molecule has 0 N–H and O–H groups in total. The molecule has 0 saturated heterocycles. The first-order valence-corrected chi connectivity index (χ1v) is 5.70. The first-order chi connectivity index (χ1) is 8.19. The number of aromatic nitrogens is 1. The number of halogens is 1. The largest absolute Gasteiger partial charge is 0.466 e. The lowest BCUT2D eigenvalue weighted by molar-refractivity contribution is 0.392. The standard InChI is InChI=1S/C9H9ClN4O2S/c1-14-9(12-8(15-2)13-17-14)16-7-3-6(10)4-11-5-7/h3-5H,1-2H3. The summed E-state index contributed by atoms with van der Waals surface area (Å²) >= 11 is 6.97. The van der Waals surface area contributed by atoms with Crippen molar-refractivity contribution in [3.05, 3.63) is 23.5 Å². The molecule has 0 aromatic carbocycles. The van der Waals surface area contributed by atoms with Crippen LogP contribution in [0.5, 0.6) is 5.75 Å². The molecule has 17 heavy (non-hydrogen) atoms. The molecule has 0 aliphatic carbocycles. The van der Waals surface area contributed by atoms with Crippen molar-refractivity contribution in [2.45, 2.75) is 0 Å². The summed E-state index contributed by atoms with van der Waals surface area (Å²) in [5.41, 5.74) is 0. The molecule has 2 heterocycles. The summed E-state index contributed by atoms with van der Waals surface area (Å²) in [5.74, 6) is 0.501. The highest BCUT2D eigenvalue weighted by Crippen LogP contribution is 2.20. The van der Waals surface area contributed by atoms with E-state index in [0.29, 0.717) is 16.8 Å². The second-order valence-electron chi connectivity index (χ2n) is 2.99. The van der Waals surface area contributed by atoms with Crippen LogP contribution < -0.4 is 4.74 Å². The normalized spacial score (nSPS) is 15.1. The summed E-state index contributed by atoms with van der Waals surface area (Å²) in [7, 11) is 3.27. The zero-order chi connectivity index (χ0) is 12.3. The maximum atomic E-state index is 5.81. The Kier molecular flexibility index (Phi) is 3.70. The lowest BCUT2D eigenvalue weighted by atomic mass is 10.5. The van der Waals surface area contributed by atoms with Gasteiger partial charge in [-0.15, -0.1) is 9.39 Å². The van der Waals surface area contributed by atoms with Crippen molar-refractivity contribution >= 4 is 35.8 Å². The van der Waals surface area contributed by atoms with E-state index in [2.05, 4.69) is 14.4 Å². The van der Waals surface area contributed by atoms with Crippen LogP contribution >= 0.6 is 23.7 Å². The summed E-state index contributed by atoms with van der Waals surface area (Å²) in [5, 5.41) is 0.495. The van der Waals surface area contributed by atoms with Gasteiger partial charge in [0.05, 0.1) is 18.3 Å². The van der Waals surface area contributed by atoms with Crippen LogP contribution in [0.1, 0.15) is 0 Å². The van der Waals surface area contributed by atoms with E-state index in [1.54, 1.807) is 23.6 Å². The van der Waals surface area contributed by atoms with Crippen LogP contribution in [0.25, 0.3) is 0 Å². The molecule has 0 unspecified atom stereocenters. The Hall–Kier alpha value is -1.47. The number of hydrogen-bond acceptors (Lipinski definition) is 7. The number of amidine groups is 2. The molecule has 0 amide bonds. The molecule has 1 aromatic heterocycles. The zero-order valence-electron chi connectivity index (χ0n) is 9.12. The molecule has 8 heteroatoms. The third kappa shape index (κ3) is 3.01. The van der Waals surface area contributed by atoms with Gasteiger partial charge in [0.25, 0.3) is 0 Å². The van der Waals surface area contributed by atoms with Gasteiger partial charge in [-0.1, -0.05) is 11.6 Å². The van der Waals surface area contributed by atoms with Gasteiger partial charge in [-0.2, -0.15) is 0 Å². The Morgan fingerprint density at radius 2 is 2.24 bits per heavy atom. The molecule has 1 aromatic rings. The molecular weight excluding hydrogens is 264 g/mol. The third-order valence-electron chi connectivity index (χ3n) is 1.77. The van der Waals surface area contributed by atoms with E-state index in [1.807, 2.05) is 0 Å². The molecule has 0 atom stereocenters. The van der Waals surface area contributed by atoms with E-state index in [1.165, 1.54) is 25.4 Å². The van der Waals surface area contributed by atoms with Crippen molar-refractivity contribution in [3.8, 4) is 5.75 Å². The van der Waals surface area contributed by atoms with Crippen molar-refractivity contribution in [1.29, 1.82) is 0 Å². The van der Waals surface area contributed by atoms with Gasteiger partial charge in [0.2, 0.25) is 0 Å². The fourth-order valence-electron chi connectivity index (χ4n) is 1.03. The zero-order valence-corrected chi connectivity index (χ0v) is 10.7. The van der Waals surface area contributed by atoms with Gasteiger partial charge in [0.15, 0.2) is 5.75 Å². The molecule has 6 nitrogen and oxygen atoms in total. The Balaban J connectivity index is 2.17. The van der Waals surface area contributed by atoms with Crippen molar-refractivity contribution in [1.82, 2.24) is 9.29 Å². The number of nitrogens with zero attached hydrogens (tertiary/aromatic N) is 4. The summed E-state index contributed by atoms with van der Waals surface area (Å²) in [6.45, 7) is 0. The summed E-state index contributed by atoms with van der Waals surface area (Å²) in [6, 6.07) is 2.25. The van der Waals surface area contributed by atoms with Gasteiger partial charge < -0.3 is 9.47 Å². The number of hydrogen-bond donors (Lipinski definition) is 0. The topological polar surface area (TPSA) is 59.3 Å². The lowest BCUT2D eigenvalue weighted by Crippen LogP contribution is -2.29. The highest BCUT2D eigenvalue weighted by atomic mass is 35.5. The van der Waals surface area contributed by atoms with E-state index < -0.39 is 0 Å². The van der Waals surface area contributed by atoms with Crippen LogP contribution in [0.15, 0.2) is 27.9 Å². The van der Waals surface area contributed by atoms with E-state index >= 15 is 0 Å². The highest BCUT2D eigenvalue weighted by Gasteiger charge is 2.17. The molecule has 90 valence electrons. The number of rotatable bonds is 1. The van der Waals surface area contributed by atoms with Gasteiger partial charge in [0, 0.05) is 19.3 Å². The molecule has 1 aliphatic rings. The monoisotopic (exact) mass is 272 g/mol. The second kappa shape index (κ2) is 5.24. The van der Waals surface area contributed by atoms with Crippen molar-refractivity contribution < 1.29 is 9.47 Å². The number of ether oxygens (including phenoxy) is 2. The van der Waals surface area contributed by atoms with Crippen LogP contribution in [0, 0.1) is 0 Å². The van der Waals surface area contributed by atoms with Crippen LogP contribution in [-0.2, 0) is 4.74 Å². The van der Waals surface area contributed by atoms with Crippen molar-refractivity contribution in [2.24, 2.45) is 9.39 Å². The fourth-order valence-corrected chi connectivity index (χ4v) is 1.65. The minimum absolute atomic E-state index is 0.248. The second-order valence-corrected chi connectivity index (χ2v) is 4.32. The van der Waals surface area contributed by atoms with Gasteiger partial charge in [0.1, 0.15) is 12.1 Å². The number of methoxy groups -OCH3 is 1. The molecule has 0 radical (unpaired) electrons. The lowest BCUT2D eigenvalue weighted by Gasteiger charge is -2.20. The summed E-state index contributed by atoms with van der Waals surface area (Å²) in [6.07, 6.45) is 3.07. The minimum atomic E-state index is 0.248. The molecular formula is C9H9ClN4O2S. The van der Waals surface area contributed by atoms with E-state index in [4.69, 9.17) is 21.1 Å². The van der Waals surface area contributed by atoms with Crippen LogP contribution in [0.2, 0.25) is 5.02 Å². The van der Waals surface area contributed by atoms with Gasteiger partial charge in [-0.25, -0.2) is 0 Å².